The molecule has 31 heavy (non-hydrogen) atoms. The molecule has 1 aliphatic heterocycles. The molecule has 2 amide bonds. The topological polar surface area (TPSA) is 40.6 Å². The van der Waals surface area contributed by atoms with Crippen molar-refractivity contribution in [3.05, 3.63) is 94.5 Å². The Morgan fingerprint density at radius 2 is 1.19 bits per heavy atom. The average molecular weight is 471 g/mol. The lowest BCUT2D eigenvalue weighted by Gasteiger charge is -2.27. The molecule has 1 heterocycles. The summed E-state index contributed by atoms with van der Waals surface area (Å²) < 4.78 is 0. The van der Waals surface area contributed by atoms with Crippen molar-refractivity contribution in [2.45, 2.75) is 12.2 Å². The van der Waals surface area contributed by atoms with Crippen LogP contribution in [0, 0.1) is 5.92 Å². The smallest absolute Gasteiger partial charge is 0.258 e. The van der Waals surface area contributed by atoms with Gasteiger partial charge in [-0.25, -0.2) is 10.0 Å². The summed E-state index contributed by atoms with van der Waals surface area (Å²) in [6.07, 6.45) is 0.476. The predicted molar refractivity (Wildman–Crippen MR) is 129 cm³/mol. The Kier molecular flexibility index (Phi) is 6.86. The van der Waals surface area contributed by atoms with Gasteiger partial charge >= 0.3 is 0 Å². The maximum absolute atomic E-state index is 13.3. The first-order valence-electron chi connectivity index (χ1n) is 9.85. The molecule has 0 unspecified atom stereocenters. The fourth-order valence-corrected chi connectivity index (χ4v) is 4.69. The Morgan fingerprint density at radius 1 is 0.710 bits per heavy atom. The van der Waals surface area contributed by atoms with Crippen LogP contribution in [0.2, 0.25) is 10.0 Å². The minimum Gasteiger partial charge on any atom is -0.272 e. The number of rotatable bonds is 7. The van der Waals surface area contributed by atoms with Crippen molar-refractivity contribution in [3.63, 3.8) is 0 Å². The van der Waals surface area contributed by atoms with E-state index in [1.165, 1.54) is 15.6 Å². The molecule has 0 atom stereocenters. The first-order valence-corrected chi connectivity index (χ1v) is 11.8. The van der Waals surface area contributed by atoms with Crippen LogP contribution in [0.15, 0.2) is 78.9 Å². The zero-order chi connectivity index (χ0) is 21.8. The van der Waals surface area contributed by atoms with Gasteiger partial charge in [-0.05, 0) is 66.3 Å². The second-order valence-electron chi connectivity index (χ2n) is 7.13. The summed E-state index contributed by atoms with van der Waals surface area (Å²) in [5.41, 5.74) is 2.41. The van der Waals surface area contributed by atoms with Gasteiger partial charge in [0, 0.05) is 15.8 Å². The van der Waals surface area contributed by atoms with Crippen molar-refractivity contribution in [2.24, 2.45) is 5.92 Å². The molecule has 0 saturated carbocycles. The lowest BCUT2D eigenvalue weighted by Crippen LogP contribution is -2.41. The molecule has 0 aromatic heterocycles. The highest BCUT2D eigenvalue weighted by Crippen LogP contribution is 2.34. The van der Waals surface area contributed by atoms with E-state index in [2.05, 4.69) is 12.1 Å². The molecule has 3 aromatic carbocycles. The van der Waals surface area contributed by atoms with Gasteiger partial charge in [-0.1, -0.05) is 53.5 Å². The van der Waals surface area contributed by atoms with Crippen LogP contribution >= 0.6 is 35.0 Å². The fourth-order valence-electron chi connectivity index (χ4n) is 3.46. The largest absolute Gasteiger partial charge is 0.272 e. The molecular formula is C24H20Cl2N2O2S. The highest BCUT2D eigenvalue weighted by atomic mass is 35.5. The van der Waals surface area contributed by atoms with Gasteiger partial charge in [-0.15, -0.1) is 0 Å². The number of hydrogen-bond acceptors (Lipinski definition) is 3. The van der Waals surface area contributed by atoms with Crippen LogP contribution in [-0.2, 0) is 15.3 Å². The third-order valence-electron chi connectivity index (χ3n) is 5.02. The standard InChI is InChI=1S/C24H20Cl2N2O2S/c25-18-6-10-20(11-7-18)27-23(29)22(14-15-31-16-17-4-2-1-3-5-17)24(30)28(27)21-12-8-19(26)9-13-21/h1-13,22H,14-16H2. The van der Waals surface area contributed by atoms with E-state index < -0.39 is 5.92 Å². The summed E-state index contributed by atoms with van der Waals surface area (Å²) in [6, 6.07) is 23.9. The van der Waals surface area contributed by atoms with Crippen molar-refractivity contribution in [1.29, 1.82) is 0 Å². The molecule has 3 aromatic rings. The molecule has 158 valence electrons. The highest BCUT2D eigenvalue weighted by molar-refractivity contribution is 7.98. The summed E-state index contributed by atoms with van der Waals surface area (Å²) >= 11 is 13.8. The molecule has 0 aliphatic carbocycles. The van der Waals surface area contributed by atoms with Crippen LogP contribution in [0.4, 0.5) is 11.4 Å². The number of thioether (sulfide) groups is 1. The van der Waals surface area contributed by atoms with Gasteiger partial charge in [-0.3, -0.25) is 9.59 Å². The zero-order valence-corrected chi connectivity index (χ0v) is 18.9. The van der Waals surface area contributed by atoms with Crippen molar-refractivity contribution in [1.82, 2.24) is 0 Å². The first kappa shape index (κ1) is 21.8. The maximum atomic E-state index is 13.3. The Bertz CT molecular complexity index is 996. The summed E-state index contributed by atoms with van der Waals surface area (Å²) in [5, 5.41) is 4.00. The number of nitrogens with zero attached hydrogens (tertiary/aromatic N) is 2. The number of anilines is 2. The lowest BCUT2D eigenvalue weighted by atomic mass is 10.1. The maximum Gasteiger partial charge on any atom is 0.258 e. The van der Waals surface area contributed by atoms with Crippen molar-refractivity contribution >= 4 is 58.2 Å². The third kappa shape index (κ3) is 4.90. The van der Waals surface area contributed by atoms with Gasteiger partial charge in [0.2, 0.25) is 0 Å². The van der Waals surface area contributed by atoms with Gasteiger partial charge in [-0.2, -0.15) is 11.8 Å². The summed E-state index contributed by atoms with van der Waals surface area (Å²) in [7, 11) is 0. The normalized spacial score (nSPS) is 14.5. The van der Waals surface area contributed by atoms with E-state index in [1.54, 1.807) is 60.3 Å². The Labute approximate surface area is 195 Å². The first-order chi connectivity index (χ1) is 15.0. The molecule has 0 N–H and O–H groups in total. The summed E-state index contributed by atoms with van der Waals surface area (Å²) in [6.45, 7) is 0. The predicted octanol–water partition coefficient (Wildman–Crippen LogP) is 6.23. The number of carbonyl (C=O) groups excluding carboxylic acids is 2. The molecule has 0 bridgehead atoms. The van der Waals surface area contributed by atoms with Crippen LogP contribution in [-0.4, -0.2) is 17.6 Å². The number of hydrazine groups is 1. The quantitative estimate of drug-likeness (QED) is 0.303. The molecule has 4 rings (SSSR count). The number of halogens is 2. The van der Waals surface area contributed by atoms with E-state index in [0.29, 0.717) is 33.6 Å². The lowest BCUT2D eigenvalue weighted by molar-refractivity contribution is -0.127. The highest BCUT2D eigenvalue weighted by Gasteiger charge is 2.46. The average Bonchev–Trinajstić information content (AvgIpc) is 3.03. The Morgan fingerprint density at radius 3 is 1.68 bits per heavy atom. The van der Waals surface area contributed by atoms with E-state index in [0.717, 1.165) is 5.75 Å². The Hall–Kier alpha value is -2.47. The van der Waals surface area contributed by atoms with Crippen molar-refractivity contribution < 1.29 is 9.59 Å². The molecular weight excluding hydrogens is 451 g/mol. The monoisotopic (exact) mass is 470 g/mol. The molecule has 0 spiro atoms. The van der Waals surface area contributed by atoms with Gasteiger partial charge in [0.05, 0.1) is 11.4 Å². The fraction of sp³-hybridized carbons (Fsp3) is 0.167. The minimum absolute atomic E-state index is 0.234. The second-order valence-corrected chi connectivity index (χ2v) is 9.11. The molecule has 1 aliphatic rings. The number of carbonyl (C=O) groups is 2. The van der Waals surface area contributed by atoms with Crippen LogP contribution < -0.4 is 10.0 Å². The number of amides is 2. The number of hydrogen-bond donors (Lipinski definition) is 0. The Balaban J connectivity index is 1.54. The van der Waals surface area contributed by atoms with Gasteiger partial charge in [0.25, 0.3) is 11.8 Å². The van der Waals surface area contributed by atoms with E-state index in [4.69, 9.17) is 23.2 Å². The SMILES string of the molecule is O=C1C(CCSCc2ccccc2)C(=O)N(c2ccc(Cl)cc2)N1c1ccc(Cl)cc1. The van der Waals surface area contributed by atoms with Crippen molar-refractivity contribution in [2.75, 3.05) is 15.8 Å². The molecule has 0 radical (unpaired) electrons. The van der Waals surface area contributed by atoms with Gasteiger partial charge in [0.15, 0.2) is 0 Å². The third-order valence-corrected chi connectivity index (χ3v) is 6.58. The summed E-state index contributed by atoms with van der Waals surface area (Å²) in [5.74, 6) is 0.359. The van der Waals surface area contributed by atoms with E-state index in [1.807, 2.05) is 18.2 Å². The van der Waals surface area contributed by atoms with Crippen LogP contribution in [0.25, 0.3) is 0 Å². The summed E-state index contributed by atoms with van der Waals surface area (Å²) in [4.78, 5) is 26.6. The van der Waals surface area contributed by atoms with Crippen LogP contribution in [0.3, 0.4) is 0 Å². The van der Waals surface area contributed by atoms with Crippen LogP contribution in [0.5, 0.6) is 0 Å². The second kappa shape index (κ2) is 9.77. The van der Waals surface area contributed by atoms with E-state index >= 15 is 0 Å². The van der Waals surface area contributed by atoms with E-state index in [9.17, 15) is 9.59 Å². The van der Waals surface area contributed by atoms with Gasteiger partial charge in [0.1, 0.15) is 5.92 Å². The van der Waals surface area contributed by atoms with Crippen LogP contribution in [0.1, 0.15) is 12.0 Å². The number of benzene rings is 3. The van der Waals surface area contributed by atoms with Gasteiger partial charge < -0.3 is 0 Å². The zero-order valence-electron chi connectivity index (χ0n) is 16.6. The van der Waals surface area contributed by atoms with Crippen molar-refractivity contribution in [3.8, 4) is 0 Å². The molecule has 4 nitrogen and oxygen atoms in total. The molecule has 7 heteroatoms. The molecule has 1 saturated heterocycles. The minimum atomic E-state index is -0.727. The molecule has 1 fully saturated rings. The van der Waals surface area contributed by atoms with E-state index in [-0.39, 0.29) is 11.8 Å².